The molecule has 0 saturated heterocycles. The summed E-state index contributed by atoms with van der Waals surface area (Å²) in [4.78, 5) is 15.4. The topological polar surface area (TPSA) is 54.0 Å². The molecule has 2 rings (SSSR count). The minimum atomic E-state index is -0.0746. The van der Waals surface area contributed by atoms with Gasteiger partial charge in [0.05, 0.1) is 12.2 Å². The number of hydrogen-bond acceptors (Lipinski definition) is 3. The van der Waals surface area contributed by atoms with Crippen LogP contribution in [0.5, 0.6) is 0 Å². The summed E-state index contributed by atoms with van der Waals surface area (Å²) in [5.74, 6) is -0.0746. The smallest absolute Gasteiger partial charge is 0.221 e. The van der Waals surface area contributed by atoms with Crippen LogP contribution in [0.2, 0.25) is 0 Å². The van der Waals surface area contributed by atoms with E-state index >= 15 is 0 Å². The Labute approximate surface area is 126 Å². The summed E-state index contributed by atoms with van der Waals surface area (Å²) in [6, 6.07) is 9.71. The molecular weight excluding hydrogens is 318 g/mol. The summed E-state index contributed by atoms with van der Waals surface area (Å²) < 4.78 is 0.963. The molecule has 1 aromatic heterocycles. The van der Waals surface area contributed by atoms with Gasteiger partial charge in [-0.1, -0.05) is 6.07 Å². The fourth-order valence-electron chi connectivity index (χ4n) is 1.79. The molecule has 1 heterocycles. The molecular formula is C15H16BrN3O. The highest BCUT2D eigenvalue weighted by Gasteiger charge is 2.02. The zero-order chi connectivity index (χ0) is 14.5. The van der Waals surface area contributed by atoms with E-state index in [4.69, 9.17) is 0 Å². The van der Waals surface area contributed by atoms with Crippen molar-refractivity contribution in [2.24, 2.45) is 0 Å². The predicted molar refractivity (Wildman–Crippen MR) is 84.7 cm³/mol. The number of halogens is 1. The molecule has 0 fully saturated rings. The maximum Gasteiger partial charge on any atom is 0.221 e. The Hall–Kier alpha value is -1.88. The molecule has 0 spiro atoms. The number of carbonyl (C=O) groups is 1. The SMILES string of the molecule is CC(=O)Nc1ccc(C)c(NCc2ccc(Br)cn2)c1. The van der Waals surface area contributed by atoms with Gasteiger partial charge >= 0.3 is 0 Å². The molecule has 2 aromatic rings. The first kappa shape index (κ1) is 14.5. The van der Waals surface area contributed by atoms with Crippen molar-refractivity contribution in [1.82, 2.24) is 4.98 Å². The molecule has 5 heteroatoms. The van der Waals surface area contributed by atoms with E-state index in [1.165, 1.54) is 6.92 Å². The number of aryl methyl sites for hydroxylation is 1. The summed E-state index contributed by atoms with van der Waals surface area (Å²) in [5.41, 5.74) is 3.85. The summed E-state index contributed by atoms with van der Waals surface area (Å²) >= 11 is 3.36. The standard InChI is InChI=1S/C15H16BrN3O/c1-10-3-5-13(19-11(2)20)7-15(10)18-9-14-6-4-12(16)8-17-14/h3-8,18H,9H2,1-2H3,(H,19,20). The highest BCUT2D eigenvalue weighted by molar-refractivity contribution is 9.10. The second-order valence-electron chi connectivity index (χ2n) is 4.53. The summed E-state index contributed by atoms with van der Waals surface area (Å²) in [6.45, 7) is 4.16. The van der Waals surface area contributed by atoms with E-state index in [-0.39, 0.29) is 5.91 Å². The van der Waals surface area contributed by atoms with E-state index in [0.717, 1.165) is 27.1 Å². The van der Waals surface area contributed by atoms with Gasteiger partial charge in [-0.25, -0.2) is 0 Å². The minimum absolute atomic E-state index is 0.0746. The summed E-state index contributed by atoms with van der Waals surface area (Å²) in [6.07, 6.45) is 1.78. The van der Waals surface area contributed by atoms with E-state index in [1.54, 1.807) is 6.20 Å². The third kappa shape index (κ3) is 4.06. The lowest BCUT2D eigenvalue weighted by molar-refractivity contribution is -0.114. The molecule has 1 amide bonds. The van der Waals surface area contributed by atoms with Crippen LogP contribution in [0.1, 0.15) is 18.2 Å². The Morgan fingerprint density at radius 1 is 1.30 bits per heavy atom. The molecule has 0 unspecified atom stereocenters. The van der Waals surface area contributed by atoms with Crippen LogP contribution in [0.15, 0.2) is 41.0 Å². The van der Waals surface area contributed by atoms with Gasteiger partial charge in [-0.05, 0) is 52.7 Å². The number of hydrogen-bond donors (Lipinski definition) is 2. The molecule has 20 heavy (non-hydrogen) atoms. The Kier molecular flexibility index (Phi) is 4.74. The number of anilines is 2. The Morgan fingerprint density at radius 3 is 2.75 bits per heavy atom. The van der Waals surface area contributed by atoms with E-state index in [2.05, 4.69) is 31.5 Å². The molecule has 0 saturated carbocycles. The predicted octanol–water partition coefficient (Wildman–Crippen LogP) is 3.72. The summed E-state index contributed by atoms with van der Waals surface area (Å²) in [7, 11) is 0. The molecule has 0 bridgehead atoms. The van der Waals surface area contributed by atoms with E-state index in [1.807, 2.05) is 37.3 Å². The van der Waals surface area contributed by atoms with Crippen LogP contribution in [0.25, 0.3) is 0 Å². The van der Waals surface area contributed by atoms with Gasteiger partial charge in [-0.3, -0.25) is 9.78 Å². The first-order valence-electron chi connectivity index (χ1n) is 6.27. The van der Waals surface area contributed by atoms with Crippen LogP contribution in [-0.2, 0) is 11.3 Å². The molecule has 1 aromatic carbocycles. The van der Waals surface area contributed by atoms with E-state index in [9.17, 15) is 4.79 Å². The highest BCUT2D eigenvalue weighted by atomic mass is 79.9. The van der Waals surface area contributed by atoms with Crippen molar-refractivity contribution in [3.05, 3.63) is 52.3 Å². The highest BCUT2D eigenvalue weighted by Crippen LogP contribution is 2.21. The molecule has 0 aliphatic heterocycles. The number of rotatable bonds is 4. The number of amides is 1. The molecule has 0 atom stereocenters. The van der Waals surface area contributed by atoms with Gasteiger partial charge in [0, 0.05) is 29.0 Å². The first-order chi connectivity index (χ1) is 9.54. The normalized spacial score (nSPS) is 10.2. The zero-order valence-electron chi connectivity index (χ0n) is 11.4. The van der Waals surface area contributed by atoms with Crippen LogP contribution in [0.4, 0.5) is 11.4 Å². The van der Waals surface area contributed by atoms with Gasteiger partial charge in [0.1, 0.15) is 0 Å². The molecule has 4 nitrogen and oxygen atoms in total. The first-order valence-corrected chi connectivity index (χ1v) is 7.06. The third-order valence-electron chi connectivity index (χ3n) is 2.81. The fraction of sp³-hybridized carbons (Fsp3) is 0.200. The van der Waals surface area contributed by atoms with Crippen LogP contribution in [-0.4, -0.2) is 10.9 Å². The van der Waals surface area contributed by atoms with Crippen LogP contribution < -0.4 is 10.6 Å². The average Bonchev–Trinajstić information content (AvgIpc) is 2.40. The van der Waals surface area contributed by atoms with Crippen molar-refractivity contribution in [2.75, 3.05) is 10.6 Å². The maximum atomic E-state index is 11.1. The lowest BCUT2D eigenvalue weighted by atomic mass is 10.1. The Balaban J connectivity index is 2.08. The van der Waals surface area contributed by atoms with Crippen molar-refractivity contribution in [2.45, 2.75) is 20.4 Å². The fourth-order valence-corrected chi connectivity index (χ4v) is 2.02. The molecule has 0 aliphatic carbocycles. The number of carbonyl (C=O) groups excluding carboxylic acids is 1. The van der Waals surface area contributed by atoms with Gasteiger partial charge in [0.25, 0.3) is 0 Å². The number of pyridine rings is 1. The second-order valence-corrected chi connectivity index (χ2v) is 5.45. The quantitative estimate of drug-likeness (QED) is 0.896. The summed E-state index contributed by atoms with van der Waals surface area (Å²) in [5, 5.41) is 6.11. The van der Waals surface area contributed by atoms with Crippen molar-refractivity contribution >= 4 is 33.2 Å². The minimum Gasteiger partial charge on any atom is -0.379 e. The van der Waals surface area contributed by atoms with Gasteiger partial charge in [0.2, 0.25) is 5.91 Å². The average molecular weight is 334 g/mol. The second kappa shape index (κ2) is 6.52. The lowest BCUT2D eigenvalue weighted by Gasteiger charge is -2.11. The van der Waals surface area contributed by atoms with Gasteiger partial charge in [0.15, 0.2) is 0 Å². The molecule has 0 aliphatic rings. The number of nitrogens with zero attached hydrogens (tertiary/aromatic N) is 1. The zero-order valence-corrected chi connectivity index (χ0v) is 13.0. The van der Waals surface area contributed by atoms with E-state index < -0.39 is 0 Å². The van der Waals surface area contributed by atoms with Crippen molar-refractivity contribution in [3.63, 3.8) is 0 Å². The van der Waals surface area contributed by atoms with E-state index in [0.29, 0.717) is 6.54 Å². The van der Waals surface area contributed by atoms with Crippen molar-refractivity contribution in [1.29, 1.82) is 0 Å². The van der Waals surface area contributed by atoms with Crippen molar-refractivity contribution in [3.8, 4) is 0 Å². The van der Waals surface area contributed by atoms with Crippen molar-refractivity contribution < 1.29 is 4.79 Å². The number of aromatic nitrogens is 1. The Bertz CT molecular complexity index is 611. The molecule has 104 valence electrons. The third-order valence-corrected chi connectivity index (χ3v) is 3.28. The number of benzene rings is 1. The monoisotopic (exact) mass is 333 g/mol. The lowest BCUT2D eigenvalue weighted by Crippen LogP contribution is -2.07. The largest absolute Gasteiger partial charge is 0.379 e. The van der Waals surface area contributed by atoms with Crippen LogP contribution >= 0.6 is 15.9 Å². The van der Waals surface area contributed by atoms with Gasteiger partial charge in [-0.15, -0.1) is 0 Å². The number of nitrogens with one attached hydrogen (secondary N) is 2. The van der Waals surface area contributed by atoms with Gasteiger partial charge < -0.3 is 10.6 Å². The molecule has 0 radical (unpaired) electrons. The van der Waals surface area contributed by atoms with Crippen LogP contribution in [0.3, 0.4) is 0 Å². The maximum absolute atomic E-state index is 11.1. The Morgan fingerprint density at radius 2 is 2.10 bits per heavy atom. The van der Waals surface area contributed by atoms with Crippen LogP contribution in [0, 0.1) is 6.92 Å². The molecule has 2 N–H and O–H groups in total. The van der Waals surface area contributed by atoms with Gasteiger partial charge in [-0.2, -0.15) is 0 Å².